The van der Waals surface area contributed by atoms with Crippen molar-refractivity contribution in [3.63, 3.8) is 0 Å². The molecule has 3 N–H and O–H groups in total. The Balaban J connectivity index is 1.37. The first-order valence-corrected chi connectivity index (χ1v) is 17.3. The van der Waals surface area contributed by atoms with Gasteiger partial charge in [0.25, 0.3) is 5.91 Å². The number of nitrogens with zero attached hydrogens (tertiary/aromatic N) is 1. The van der Waals surface area contributed by atoms with E-state index in [-0.39, 0.29) is 5.91 Å². The van der Waals surface area contributed by atoms with Gasteiger partial charge in [-0.2, -0.15) is 0 Å². The van der Waals surface area contributed by atoms with E-state index in [1.807, 2.05) is 42.5 Å². The number of carbonyl (C=O) groups excluding carboxylic acids is 2. The third-order valence-electron chi connectivity index (χ3n) is 7.70. The van der Waals surface area contributed by atoms with Gasteiger partial charge < -0.3 is 29.7 Å². The molecule has 0 saturated carbocycles. The molecule has 10 heteroatoms. The smallest absolute Gasteiger partial charge is 0.452 e. The van der Waals surface area contributed by atoms with Crippen LogP contribution in [0.1, 0.15) is 48.9 Å². The molecule has 0 aromatic heterocycles. The van der Waals surface area contributed by atoms with Crippen LogP contribution in [0.25, 0.3) is 0 Å². The zero-order valence-electron chi connectivity index (χ0n) is 25.7. The van der Waals surface area contributed by atoms with Crippen LogP contribution in [-0.4, -0.2) is 41.6 Å². The average molecular weight is 642 g/mol. The molecule has 4 aromatic rings. The number of unbranched alkanes of at least 4 members (excludes halogenated alkanes) is 2. The second-order valence-electron chi connectivity index (χ2n) is 11.1. The van der Waals surface area contributed by atoms with Crippen molar-refractivity contribution in [3.05, 3.63) is 121 Å². The van der Waals surface area contributed by atoms with Gasteiger partial charge in [0.15, 0.2) is 5.78 Å². The molecule has 46 heavy (non-hydrogen) atoms. The van der Waals surface area contributed by atoms with Crippen molar-refractivity contribution in [2.45, 2.75) is 50.3 Å². The lowest BCUT2D eigenvalue weighted by atomic mass is 10.1. The molecule has 4 aromatic carbocycles. The second kappa shape index (κ2) is 16.1. The molecule has 1 fully saturated rings. The van der Waals surface area contributed by atoms with Gasteiger partial charge in [-0.1, -0.05) is 73.5 Å². The Hall–Kier alpha value is -4.59. The maximum Gasteiger partial charge on any atom is 0.452 e. The number of likely N-dealkylation sites (tertiary alicyclic amines) is 1. The Bertz CT molecular complexity index is 1560. The highest BCUT2D eigenvalue weighted by molar-refractivity contribution is 7.55. The summed E-state index contributed by atoms with van der Waals surface area (Å²) in [6.45, 7) is 0.951. The first kappa shape index (κ1) is 32.8. The van der Waals surface area contributed by atoms with Crippen molar-refractivity contribution in [2.24, 2.45) is 5.73 Å². The topological polar surface area (TPSA) is 120 Å². The van der Waals surface area contributed by atoms with E-state index >= 15 is 0 Å². The SMILES string of the molecule is NCCCCCC(NC(=O)[C@@H]1CCCN1C(=O)c1cccc(Oc2ccccc2)c1)P(=O)(Oc1ccccc1)Oc1ccccc1. The van der Waals surface area contributed by atoms with Crippen LogP contribution in [0.2, 0.25) is 0 Å². The fourth-order valence-electron chi connectivity index (χ4n) is 5.40. The molecule has 0 bridgehead atoms. The molecular formula is C36H40N3O6P. The minimum atomic E-state index is -4.04. The number of amides is 2. The number of nitrogens with two attached hydrogens (primary N) is 1. The molecule has 2 amide bonds. The Morgan fingerprint density at radius 3 is 1.98 bits per heavy atom. The summed E-state index contributed by atoms with van der Waals surface area (Å²) in [5, 5.41) is 3.00. The highest BCUT2D eigenvalue weighted by Gasteiger charge is 2.43. The molecule has 240 valence electrons. The number of rotatable bonds is 15. The first-order valence-electron chi connectivity index (χ1n) is 15.7. The number of carbonyl (C=O) groups is 2. The highest BCUT2D eigenvalue weighted by Crippen LogP contribution is 2.53. The van der Waals surface area contributed by atoms with E-state index in [1.165, 1.54) is 0 Å². The monoisotopic (exact) mass is 641 g/mol. The molecule has 1 aliphatic heterocycles. The van der Waals surface area contributed by atoms with Crippen LogP contribution in [-0.2, 0) is 9.36 Å². The van der Waals surface area contributed by atoms with Gasteiger partial charge in [0.05, 0.1) is 0 Å². The maximum absolute atomic E-state index is 14.7. The fraction of sp³-hybridized carbons (Fsp3) is 0.278. The Labute approximate surface area is 270 Å². The lowest BCUT2D eigenvalue weighted by Gasteiger charge is -2.31. The molecule has 0 aliphatic carbocycles. The van der Waals surface area contributed by atoms with Gasteiger partial charge in [-0.3, -0.25) is 9.59 Å². The van der Waals surface area contributed by atoms with Crippen LogP contribution in [0, 0.1) is 0 Å². The predicted octanol–water partition coefficient (Wildman–Crippen LogP) is 7.40. The molecule has 1 heterocycles. The van der Waals surface area contributed by atoms with E-state index in [2.05, 4.69) is 5.32 Å². The van der Waals surface area contributed by atoms with Crippen LogP contribution < -0.4 is 24.8 Å². The number of nitrogens with one attached hydrogen (secondary N) is 1. The largest absolute Gasteiger partial charge is 0.457 e. The number of para-hydroxylation sites is 3. The molecule has 5 rings (SSSR count). The normalized spacial score (nSPS) is 15.2. The van der Waals surface area contributed by atoms with Crippen molar-refractivity contribution in [3.8, 4) is 23.0 Å². The summed E-state index contributed by atoms with van der Waals surface area (Å²) in [5.41, 5.74) is 6.13. The number of hydrogen-bond acceptors (Lipinski definition) is 7. The summed E-state index contributed by atoms with van der Waals surface area (Å²) in [7, 11) is -4.04. The van der Waals surface area contributed by atoms with Crippen LogP contribution in [0.4, 0.5) is 0 Å². The average Bonchev–Trinajstić information content (AvgIpc) is 3.58. The van der Waals surface area contributed by atoms with E-state index in [4.69, 9.17) is 19.5 Å². The zero-order chi connectivity index (χ0) is 32.2. The van der Waals surface area contributed by atoms with E-state index in [1.54, 1.807) is 77.7 Å². The Kier molecular flexibility index (Phi) is 11.5. The van der Waals surface area contributed by atoms with Crippen molar-refractivity contribution < 1.29 is 27.9 Å². The van der Waals surface area contributed by atoms with Gasteiger partial charge in [0.2, 0.25) is 5.91 Å². The predicted molar refractivity (Wildman–Crippen MR) is 178 cm³/mol. The lowest BCUT2D eigenvalue weighted by Crippen LogP contribution is -2.49. The van der Waals surface area contributed by atoms with Crippen LogP contribution >= 0.6 is 7.60 Å². The summed E-state index contributed by atoms with van der Waals surface area (Å²) in [6, 6.07) is 33.0. The van der Waals surface area contributed by atoms with E-state index in [0.717, 1.165) is 12.8 Å². The summed E-state index contributed by atoms with van der Waals surface area (Å²) in [6.07, 6.45) is 3.69. The quantitative estimate of drug-likeness (QED) is 0.103. The summed E-state index contributed by atoms with van der Waals surface area (Å²) >= 11 is 0. The zero-order valence-corrected chi connectivity index (χ0v) is 26.6. The van der Waals surface area contributed by atoms with Gasteiger partial charge in [-0.25, -0.2) is 4.57 Å². The number of ether oxygens (including phenoxy) is 1. The van der Waals surface area contributed by atoms with Crippen molar-refractivity contribution in [1.82, 2.24) is 10.2 Å². The first-order chi connectivity index (χ1) is 22.4. The van der Waals surface area contributed by atoms with Crippen molar-refractivity contribution >= 4 is 19.4 Å². The van der Waals surface area contributed by atoms with Gasteiger partial charge in [0, 0.05) is 12.1 Å². The fourth-order valence-corrected chi connectivity index (χ4v) is 7.30. The maximum atomic E-state index is 14.7. The molecule has 0 radical (unpaired) electrons. The molecular weight excluding hydrogens is 601 g/mol. The van der Waals surface area contributed by atoms with E-state index in [0.29, 0.717) is 67.3 Å². The number of hydrogen-bond donors (Lipinski definition) is 2. The molecule has 1 unspecified atom stereocenters. The number of benzene rings is 4. The molecule has 9 nitrogen and oxygen atoms in total. The van der Waals surface area contributed by atoms with Gasteiger partial charge in [-0.05, 0) is 86.8 Å². The molecule has 2 atom stereocenters. The third-order valence-corrected chi connectivity index (χ3v) is 9.78. The third kappa shape index (κ3) is 8.77. The minimum absolute atomic E-state index is 0.278. The van der Waals surface area contributed by atoms with Gasteiger partial charge in [-0.15, -0.1) is 0 Å². The summed E-state index contributed by atoms with van der Waals surface area (Å²) in [5.74, 6) is 0.240. The van der Waals surface area contributed by atoms with Crippen LogP contribution in [0.15, 0.2) is 115 Å². The second-order valence-corrected chi connectivity index (χ2v) is 13.2. The van der Waals surface area contributed by atoms with Gasteiger partial charge in [0.1, 0.15) is 29.0 Å². The summed E-state index contributed by atoms with van der Waals surface area (Å²) < 4.78 is 32.8. The van der Waals surface area contributed by atoms with Crippen molar-refractivity contribution in [2.75, 3.05) is 13.1 Å². The van der Waals surface area contributed by atoms with Crippen LogP contribution in [0.3, 0.4) is 0 Å². The highest BCUT2D eigenvalue weighted by atomic mass is 31.2. The van der Waals surface area contributed by atoms with E-state index < -0.39 is 25.3 Å². The van der Waals surface area contributed by atoms with Crippen LogP contribution in [0.5, 0.6) is 23.0 Å². The molecule has 0 spiro atoms. The van der Waals surface area contributed by atoms with Gasteiger partial charge >= 0.3 is 7.60 Å². The lowest BCUT2D eigenvalue weighted by molar-refractivity contribution is -0.125. The Morgan fingerprint density at radius 1 is 0.783 bits per heavy atom. The molecule has 1 saturated heterocycles. The standard InChI is InChI=1S/C36H40N3O6P/c37-25-12-4-11-24-34(46(42,44-30-18-7-2-8-19-30)45-31-20-9-3-10-21-31)38-35(40)33-23-14-26-39(33)36(41)28-15-13-22-32(27-28)43-29-16-5-1-6-17-29/h1-3,5-10,13,15-22,27,33-34H,4,11-12,14,23-26,37H2,(H,38,40)/t33-,34?/m0/s1. The summed E-state index contributed by atoms with van der Waals surface area (Å²) in [4.78, 5) is 29.3. The van der Waals surface area contributed by atoms with Crippen molar-refractivity contribution in [1.29, 1.82) is 0 Å². The van der Waals surface area contributed by atoms with E-state index in [9.17, 15) is 14.2 Å². The Morgan fingerprint density at radius 2 is 1.37 bits per heavy atom. The minimum Gasteiger partial charge on any atom is -0.457 e. The molecule has 1 aliphatic rings.